The molecule has 106 valence electrons. The van der Waals surface area contributed by atoms with E-state index in [2.05, 4.69) is 9.88 Å². The molecule has 1 aliphatic heterocycles. The zero-order chi connectivity index (χ0) is 13.9. The van der Waals surface area contributed by atoms with Gasteiger partial charge in [0.1, 0.15) is 5.82 Å². The maximum Gasteiger partial charge on any atom is 0.180 e. The monoisotopic (exact) mass is 291 g/mol. The van der Waals surface area contributed by atoms with Crippen molar-refractivity contribution in [3.05, 3.63) is 46.7 Å². The molecule has 5 heteroatoms. The Hall–Kier alpha value is -1.46. The van der Waals surface area contributed by atoms with E-state index in [1.807, 2.05) is 18.3 Å². The van der Waals surface area contributed by atoms with Gasteiger partial charge in [0.2, 0.25) is 0 Å². The average molecular weight is 291 g/mol. The van der Waals surface area contributed by atoms with Crippen molar-refractivity contribution in [3.8, 4) is 0 Å². The summed E-state index contributed by atoms with van der Waals surface area (Å²) in [5.74, 6) is -0.175. The van der Waals surface area contributed by atoms with E-state index in [1.54, 1.807) is 23.5 Å². The lowest BCUT2D eigenvalue weighted by atomic mass is 9.95. The number of nitrogens with two attached hydrogens (primary N) is 1. The fourth-order valence-electron chi connectivity index (χ4n) is 2.84. The minimum absolute atomic E-state index is 0.175. The average Bonchev–Trinajstić information content (AvgIpc) is 2.86. The zero-order valence-corrected chi connectivity index (χ0v) is 12.1. The van der Waals surface area contributed by atoms with Gasteiger partial charge in [-0.15, -0.1) is 11.3 Å². The highest BCUT2D eigenvalue weighted by Gasteiger charge is 2.24. The molecule has 3 rings (SSSR count). The summed E-state index contributed by atoms with van der Waals surface area (Å²) in [6.07, 6.45) is 5.42. The highest BCUT2D eigenvalue weighted by molar-refractivity contribution is 7.15. The summed E-state index contributed by atoms with van der Waals surface area (Å²) in [4.78, 5) is 7.75. The van der Waals surface area contributed by atoms with Crippen LogP contribution in [0.15, 0.2) is 30.5 Å². The van der Waals surface area contributed by atoms with Crippen molar-refractivity contribution in [1.29, 1.82) is 0 Å². The van der Waals surface area contributed by atoms with E-state index < -0.39 is 0 Å². The van der Waals surface area contributed by atoms with Gasteiger partial charge in [0.05, 0.1) is 0 Å². The third-order valence-electron chi connectivity index (χ3n) is 3.80. The highest BCUT2D eigenvalue weighted by atomic mass is 32.1. The van der Waals surface area contributed by atoms with Crippen molar-refractivity contribution in [2.24, 2.45) is 0 Å². The van der Waals surface area contributed by atoms with Crippen molar-refractivity contribution in [3.63, 3.8) is 0 Å². The molecule has 3 nitrogen and oxygen atoms in total. The third kappa shape index (κ3) is 2.99. The number of hydrogen-bond donors (Lipinski definition) is 1. The number of halogens is 1. The van der Waals surface area contributed by atoms with Crippen LogP contribution in [0, 0.1) is 5.82 Å². The predicted molar refractivity (Wildman–Crippen MR) is 79.9 cm³/mol. The van der Waals surface area contributed by atoms with Gasteiger partial charge in [0.25, 0.3) is 0 Å². The second-order valence-corrected chi connectivity index (χ2v) is 6.35. The lowest BCUT2D eigenvalue weighted by Gasteiger charge is -2.35. The molecule has 1 aromatic heterocycles. The maximum atomic E-state index is 13.1. The molecule has 0 spiro atoms. The second kappa shape index (κ2) is 5.89. The van der Waals surface area contributed by atoms with Crippen molar-refractivity contribution in [2.75, 3.05) is 12.3 Å². The van der Waals surface area contributed by atoms with E-state index in [-0.39, 0.29) is 5.82 Å². The molecule has 1 fully saturated rings. The molecule has 0 saturated carbocycles. The summed E-state index contributed by atoms with van der Waals surface area (Å²) in [6, 6.07) is 7.27. The van der Waals surface area contributed by atoms with E-state index in [4.69, 9.17) is 5.73 Å². The van der Waals surface area contributed by atoms with E-state index in [0.717, 1.165) is 19.5 Å². The van der Waals surface area contributed by atoms with Crippen LogP contribution in [0.4, 0.5) is 9.52 Å². The Kier molecular flexibility index (Phi) is 3.98. The summed E-state index contributed by atoms with van der Waals surface area (Å²) >= 11 is 1.55. The van der Waals surface area contributed by atoms with Gasteiger partial charge < -0.3 is 5.73 Å². The van der Waals surface area contributed by atoms with Crippen molar-refractivity contribution in [1.82, 2.24) is 9.88 Å². The molecule has 1 aliphatic rings. The van der Waals surface area contributed by atoms with Crippen LogP contribution >= 0.6 is 11.3 Å². The number of rotatable bonds is 3. The molecule has 0 amide bonds. The molecule has 1 unspecified atom stereocenters. The number of nitrogen functional groups attached to an aromatic ring is 1. The van der Waals surface area contributed by atoms with Gasteiger partial charge >= 0.3 is 0 Å². The Bertz CT molecular complexity index is 567. The quantitative estimate of drug-likeness (QED) is 0.939. The van der Waals surface area contributed by atoms with Gasteiger partial charge in [0.15, 0.2) is 5.13 Å². The van der Waals surface area contributed by atoms with E-state index >= 15 is 0 Å². The number of likely N-dealkylation sites (tertiary alicyclic amines) is 1. The Morgan fingerprint density at radius 2 is 2.10 bits per heavy atom. The first-order valence-corrected chi connectivity index (χ1v) is 7.74. The number of thiazole rings is 1. The van der Waals surface area contributed by atoms with Gasteiger partial charge in [-0.1, -0.05) is 18.6 Å². The van der Waals surface area contributed by atoms with Crippen molar-refractivity contribution >= 4 is 16.5 Å². The van der Waals surface area contributed by atoms with Crippen molar-refractivity contribution < 1.29 is 4.39 Å². The van der Waals surface area contributed by atoms with Crippen LogP contribution in [0.2, 0.25) is 0 Å². The van der Waals surface area contributed by atoms with Crippen LogP contribution in [0.3, 0.4) is 0 Å². The number of nitrogens with zero attached hydrogens (tertiary/aromatic N) is 2. The second-order valence-electron chi connectivity index (χ2n) is 5.20. The predicted octanol–water partition coefficient (Wildman–Crippen LogP) is 3.59. The van der Waals surface area contributed by atoms with Crippen LogP contribution < -0.4 is 5.73 Å². The first-order chi connectivity index (χ1) is 9.72. The van der Waals surface area contributed by atoms with Crippen LogP contribution in [-0.2, 0) is 6.54 Å². The van der Waals surface area contributed by atoms with Crippen LogP contribution in [0.25, 0.3) is 0 Å². The topological polar surface area (TPSA) is 42.1 Å². The number of benzene rings is 1. The Morgan fingerprint density at radius 3 is 2.80 bits per heavy atom. The minimum Gasteiger partial charge on any atom is -0.375 e. The summed E-state index contributed by atoms with van der Waals surface area (Å²) in [7, 11) is 0. The smallest absolute Gasteiger partial charge is 0.180 e. The summed E-state index contributed by atoms with van der Waals surface area (Å²) in [5.41, 5.74) is 6.89. The first-order valence-electron chi connectivity index (χ1n) is 6.92. The molecular weight excluding hydrogens is 273 g/mol. The molecule has 2 aromatic rings. The molecule has 0 bridgehead atoms. The summed E-state index contributed by atoms with van der Waals surface area (Å²) in [6.45, 7) is 1.94. The molecule has 1 saturated heterocycles. The standard InChI is InChI=1S/C15H18FN3S/c16-12-6-4-11(5-7-12)14-3-1-2-8-19(14)10-13-9-18-15(17)20-13/h4-7,9,14H,1-3,8,10H2,(H2,17,18). The molecule has 20 heavy (non-hydrogen) atoms. The van der Waals surface area contributed by atoms with Gasteiger partial charge in [0, 0.05) is 23.7 Å². The van der Waals surface area contributed by atoms with Crippen LogP contribution in [-0.4, -0.2) is 16.4 Å². The number of anilines is 1. The molecule has 2 heterocycles. The van der Waals surface area contributed by atoms with Gasteiger partial charge in [-0.05, 0) is 37.1 Å². The summed E-state index contributed by atoms with van der Waals surface area (Å²) < 4.78 is 13.1. The fraction of sp³-hybridized carbons (Fsp3) is 0.400. The lowest BCUT2D eigenvalue weighted by Crippen LogP contribution is -2.32. The largest absolute Gasteiger partial charge is 0.375 e. The molecule has 0 radical (unpaired) electrons. The van der Waals surface area contributed by atoms with E-state index in [9.17, 15) is 4.39 Å². The summed E-state index contributed by atoms with van der Waals surface area (Å²) in [5, 5.41) is 0.621. The first kappa shape index (κ1) is 13.5. The lowest BCUT2D eigenvalue weighted by molar-refractivity contribution is 0.141. The Labute approximate surface area is 122 Å². The number of hydrogen-bond acceptors (Lipinski definition) is 4. The molecule has 0 aliphatic carbocycles. The van der Waals surface area contributed by atoms with Crippen molar-refractivity contribution in [2.45, 2.75) is 31.8 Å². The van der Waals surface area contributed by atoms with Crippen LogP contribution in [0.5, 0.6) is 0 Å². The van der Waals surface area contributed by atoms with E-state index in [1.165, 1.54) is 23.3 Å². The van der Waals surface area contributed by atoms with E-state index in [0.29, 0.717) is 11.2 Å². The van der Waals surface area contributed by atoms with Gasteiger partial charge in [-0.3, -0.25) is 4.90 Å². The fourth-order valence-corrected chi connectivity index (χ4v) is 3.55. The molecule has 2 N–H and O–H groups in total. The molecule has 1 atom stereocenters. The Balaban J connectivity index is 1.78. The Morgan fingerprint density at radius 1 is 1.30 bits per heavy atom. The SMILES string of the molecule is Nc1ncc(CN2CCCCC2c2ccc(F)cc2)s1. The highest BCUT2D eigenvalue weighted by Crippen LogP contribution is 2.33. The third-order valence-corrected chi connectivity index (χ3v) is 4.61. The molecule has 1 aromatic carbocycles. The normalized spacial score (nSPS) is 20.1. The van der Waals surface area contributed by atoms with Gasteiger partial charge in [-0.25, -0.2) is 9.37 Å². The number of piperidine rings is 1. The number of aromatic nitrogens is 1. The minimum atomic E-state index is -0.175. The maximum absolute atomic E-state index is 13.1. The molecular formula is C15H18FN3S. The van der Waals surface area contributed by atoms with Gasteiger partial charge in [-0.2, -0.15) is 0 Å². The van der Waals surface area contributed by atoms with Crippen LogP contribution in [0.1, 0.15) is 35.7 Å². The zero-order valence-electron chi connectivity index (χ0n) is 11.3.